The van der Waals surface area contributed by atoms with Crippen LogP contribution in [0.3, 0.4) is 0 Å². The number of rotatable bonds is 5. The van der Waals surface area contributed by atoms with Crippen LogP contribution in [0.1, 0.15) is 57.8 Å². The fraction of sp³-hybridized carbons (Fsp3) is 0.944. The third-order valence-electron chi connectivity index (χ3n) is 7.82. The number of aliphatic hydroxyl groups is 2. The standard InChI is InChI=1S/C18H26F2O7S/c19-18(20,28(24,25)26)15(22)27-14(21)13-11-5-10-6-12(13)9-16(7-10,8-11)17(23)3-1-2-4-17/h10-13,15,22-23H,1-9H2,(H,24,25,26). The second-order valence-electron chi connectivity index (χ2n) is 9.34. The van der Waals surface area contributed by atoms with Crippen LogP contribution in [0.15, 0.2) is 0 Å². The molecule has 0 spiro atoms. The van der Waals surface area contributed by atoms with Gasteiger partial charge < -0.3 is 14.9 Å². The first kappa shape index (κ1) is 20.4. The van der Waals surface area contributed by atoms with E-state index < -0.39 is 39.2 Å². The van der Waals surface area contributed by atoms with E-state index in [9.17, 15) is 32.2 Å². The molecule has 5 rings (SSSR count). The number of aliphatic hydroxyl groups excluding tert-OH is 1. The Labute approximate surface area is 162 Å². The van der Waals surface area contributed by atoms with Gasteiger partial charge in [-0.05, 0) is 68.1 Å². The minimum atomic E-state index is -5.92. The van der Waals surface area contributed by atoms with Crippen molar-refractivity contribution in [1.82, 2.24) is 0 Å². The van der Waals surface area contributed by atoms with Crippen LogP contribution in [0.5, 0.6) is 0 Å². The smallest absolute Gasteiger partial charge is 0.428 e. The molecule has 0 aromatic rings. The first-order valence-electron chi connectivity index (χ1n) is 9.84. The topological polar surface area (TPSA) is 121 Å². The van der Waals surface area contributed by atoms with Crippen LogP contribution >= 0.6 is 0 Å². The molecule has 0 aliphatic heterocycles. The summed E-state index contributed by atoms with van der Waals surface area (Å²) >= 11 is 0. The lowest BCUT2D eigenvalue weighted by Crippen LogP contribution is -2.61. The van der Waals surface area contributed by atoms with E-state index in [2.05, 4.69) is 4.74 Å². The number of alkyl halides is 2. The van der Waals surface area contributed by atoms with E-state index in [-0.39, 0.29) is 17.3 Å². The minimum Gasteiger partial charge on any atom is -0.428 e. The van der Waals surface area contributed by atoms with Crippen LogP contribution in [0.2, 0.25) is 0 Å². The van der Waals surface area contributed by atoms with Gasteiger partial charge in [-0.2, -0.15) is 17.2 Å². The van der Waals surface area contributed by atoms with Gasteiger partial charge in [0.25, 0.3) is 6.29 Å². The van der Waals surface area contributed by atoms with E-state index in [1.165, 1.54) is 0 Å². The Kier molecular flexibility index (Phi) is 4.62. The molecule has 0 aromatic carbocycles. The highest BCUT2D eigenvalue weighted by atomic mass is 32.2. The molecule has 0 saturated heterocycles. The van der Waals surface area contributed by atoms with Crippen LogP contribution in [-0.4, -0.2) is 46.3 Å². The second-order valence-corrected chi connectivity index (χ2v) is 10.8. The molecule has 3 N–H and O–H groups in total. The molecular weight excluding hydrogens is 398 g/mol. The Bertz CT molecular complexity index is 746. The molecule has 0 aromatic heterocycles. The van der Waals surface area contributed by atoms with Gasteiger partial charge >= 0.3 is 21.3 Å². The molecule has 7 nitrogen and oxygen atoms in total. The maximum atomic E-state index is 13.5. The van der Waals surface area contributed by atoms with Crippen molar-refractivity contribution in [2.24, 2.45) is 29.1 Å². The van der Waals surface area contributed by atoms with Crippen molar-refractivity contribution in [3.05, 3.63) is 0 Å². The van der Waals surface area contributed by atoms with Crippen LogP contribution < -0.4 is 0 Å². The summed E-state index contributed by atoms with van der Waals surface area (Å²) in [5, 5.41) is 15.7. The summed E-state index contributed by atoms with van der Waals surface area (Å²) in [6.07, 6.45) is 3.78. The number of esters is 1. The summed E-state index contributed by atoms with van der Waals surface area (Å²) in [5.41, 5.74) is -0.997. The van der Waals surface area contributed by atoms with Crippen LogP contribution in [0, 0.1) is 29.1 Å². The lowest BCUT2D eigenvalue weighted by Gasteiger charge is -2.63. The maximum absolute atomic E-state index is 13.5. The highest BCUT2D eigenvalue weighted by molar-refractivity contribution is 7.86. The molecule has 10 heteroatoms. The van der Waals surface area contributed by atoms with Crippen molar-refractivity contribution in [2.75, 3.05) is 0 Å². The van der Waals surface area contributed by atoms with Crippen molar-refractivity contribution in [3.8, 4) is 0 Å². The van der Waals surface area contributed by atoms with Crippen molar-refractivity contribution < 1.29 is 41.5 Å². The number of hydrogen-bond donors (Lipinski definition) is 3. The lowest BCUT2D eigenvalue weighted by atomic mass is 9.42. The zero-order valence-electron chi connectivity index (χ0n) is 15.4. The summed E-state index contributed by atoms with van der Waals surface area (Å²) in [5.74, 6) is -1.68. The molecule has 5 saturated carbocycles. The fourth-order valence-electron chi connectivity index (χ4n) is 6.85. The Morgan fingerprint density at radius 3 is 2.14 bits per heavy atom. The lowest BCUT2D eigenvalue weighted by molar-refractivity contribution is -0.230. The van der Waals surface area contributed by atoms with Gasteiger partial charge in [0.1, 0.15) is 0 Å². The molecule has 0 radical (unpaired) electrons. The number of halogens is 2. The Morgan fingerprint density at radius 1 is 1.11 bits per heavy atom. The van der Waals surface area contributed by atoms with Gasteiger partial charge in [-0.25, -0.2) is 0 Å². The van der Waals surface area contributed by atoms with Gasteiger partial charge in [-0.3, -0.25) is 9.35 Å². The van der Waals surface area contributed by atoms with Crippen LogP contribution in [0.25, 0.3) is 0 Å². The predicted octanol–water partition coefficient (Wildman–Crippen LogP) is 2.08. The average Bonchev–Trinajstić information content (AvgIpc) is 3.01. The van der Waals surface area contributed by atoms with Crippen molar-refractivity contribution in [1.29, 1.82) is 0 Å². The summed E-state index contributed by atoms with van der Waals surface area (Å²) in [7, 11) is -5.92. The number of carbonyl (C=O) groups excluding carboxylic acids is 1. The normalized spacial score (nSPS) is 40.5. The van der Waals surface area contributed by atoms with Gasteiger partial charge in [0.2, 0.25) is 0 Å². The molecular formula is C18H26F2O7S. The van der Waals surface area contributed by atoms with Crippen molar-refractivity contribution >= 4 is 16.1 Å². The van der Waals surface area contributed by atoms with Gasteiger partial charge in [0.15, 0.2) is 0 Å². The van der Waals surface area contributed by atoms with E-state index >= 15 is 0 Å². The summed E-state index contributed by atoms with van der Waals surface area (Å²) < 4.78 is 61.5. The SMILES string of the molecule is O=C(OC(O)C(F)(F)S(=O)(=O)O)C1C2CC3CC1CC(C1(O)CCCC1)(C3)C2. The summed E-state index contributed by atoms with van der Waals surface area (Å²) in [6.45, 7) is 0. The predicted molar refractivity (Wildman–Crippen MR) is 91.5 cm³/mol. The number of carbonyl (C=O) groups is 1. The Morgan fingerprint density at radius 2 is 1.64 bits per heavy atom. The highest BCUT2D eigenvalue weighted by Gasteiger charge is 2.65. The van der Waals surface area contributed by atoms with E-state index in [1.807, 2.05) is 0 Å². The molecule has 5 aliphatic rings. The maximum Gasteiger partial charge on any atom is 0.430 e. The number of ether oxygens (including phenoxy) is 1. The molecule has 3 unspecified atom stereocenters. The second kappa shape index (κ2) is 6.33. The molecule has 5 aliphatic carbocycles. The molecule has 4 bridgehead atoms. The molecule has 0 amide bonds. The van der Waals surface area contributed by atoms with Crippen molar-refractivity contribution in [2.45, 2.75) is 74.9 Å². The zero-order chi connectivity index (χ0) is 20.5. The van der Waals surface area contributed by atoms with Gasteiger partial charge in [-0.1, -0.05) is 12.8 Å². The first-order chi connectivity index (χ1) is 12.9. The minimum absolute atomic E-state index is 0.144. The monoisotopic (exact) mass is 424 g/mol. The zero-order valence-corrected chi connectivity index (χ0v) is 16.2. The van der Waals surface area contributed by atoms with E-state index in [0.717, 1.165) is 44.9 Å². The Balaban J connectivity index is 1.52. The third-order valence-corrected chi connectivity index (χ3v) is 8.71. The first-order valence-corrected chi connectivity index (χ1v) is 11.3. The van der Waals surface area contributed by atoms with E-state index in [4.69, 9.17) is 4.55 Å². The molecule has 0 heterocycles. The van der Waals surface area contributed by atoms with Crippen LogP contribution in [0.4, 0.5) is 8.78 Å². The van der Waals surface area contributed by atoms with E-state index in [1.54, 1.807) is 0 Å². The Hall–Kier alpha value is -0.840. The molecule has 160 valence electrons. The summed E-state index contributed by atoms with van der Waals surface area (Å²) in [4.78, 5) is 12.6. The largest absolute Gasteiger partial charge is 0.430 e. The van der Waals surface area contributed by atoms with Crippen molar-refractivity contribution in [3.63, 3.8) is 0 Å². The van der Waals surface area contributed by atoms with Crippen LogP contribution in [-0.2, 0) is 19.6 Å². The third kappa shape index (κ3) is 2.90. The fourth-order valence-corrected chi connectivity index (χ4v) is 7.16. The van der Waals surface area contributed by atoms with E-state index in [0.29, 0.717) is 18.8 Å². The molecule has 5 fully saturated rings. The molecule has 3 atom stereocenters. The van der Waals surface area contributed by atoms with Gasteiger partial charge in [0.05, 0.1) is 11.5 Å². The number of hydrogen-bond acceptors (Lipinski definition) is 6. The van der Waals surface area contributed by atoms with Gasteiger partial charge in [0, 0.05) is 0 Å². The quantitative estimate of drug-likeness (QED) is 0.351. The summed E-state index contributed by atoms with van der Waals surface area (Å²) in [6, 6.07) is 0. The molecule has 28 heavy (non-hydrogen) atoms. The van der Waals surface area contributed by atoms with Gasteiger partial charge in [-0.15, -0.1) is 0 Å². The average molecular weight is 424 g/mol. The highest BCUT2D eigenvalue weighted by Crippen LogP contribution is 2.67.